The SMILES string of the molecule is I.NC(=NCCCCC(=O)OCc1ccccc1)N1CCSCC1. The molecule has 0 aliphatic carbocycles. The van der Waals surface area contributed by atoms with Crippen LogP contribution in [0, 0.1) is 0 Å². The van der Waals surface area contributed by atoms with Crippen LogP contribution in [0.4, 0.5) is 0 Å². The van der Waals surface area contributed by atoms with Gasteiger partial charge in [-0.05, 0) is 18.4 Å². The molecule has 0 amide bonds. The third-order valence-corrected chi connectivity index (χ3v) is 4.58. The summed E-state index contributed by atoms with van der Waals surface area (Å²) in [5, 5.41) is 0. The summed E-state index contributed by atoms with van der Waals surface area (Å²) in [6.07, 6.45) is 2.06. The minimum Gasteiger partial charge on any atom is -0.461 e. The van der Waals surface area contributed by atoms with Crippen molar-refractivity contribution in [3.63, 3.8) is 0 Å². The lowest BCUT2D eigenvalue weighted by Crippen LogP contribution is -2.42. The van der Waals surface area contributed by atoms with Crippen LogP contribution in [0.2, 0.25) is 0 Å². The molecule has 1 heterocycles. The zero-order valence-corrected chi connectivity index (χ0v) is 17.0. The van der Waals surface area contributed by atoms with Crippen LogP contribution in [0.15, 0.2) is 35.3 Å². The van der Waals surface area contributed by atoms with Crippen molar-refractivity contribution in [3.8, 4) is 0 Å². The van der Waals surface area contributed by atoms with Crippen LogP contribution in [0.3, 0.4) is 0 Å². The standard InChI is InChI=1S/C17H25N3O2S.HI/c18-17(20-10-12-23-13-11-20)19-9-5-4-8-16(21)22-14-15-6-2-1-3-7-15;/h1-3,6-7H,4-5,8-14H2,(H2,18,19);1H. The second-order valence-corrected chi connectivity index (χ2v) is 6.67. The summed E-state index contributed by atoms with van der Waals surface area (Å²) in [5.74, 6) is 2.71. The maximum atomic E-state index is 11.7. The highest BCUT2D eigenvalue weighted by Crippen LogP contribution is 2.09. The number of unbranched alkanes of at least 4 members (excludes halogenated alkanes) is 1. The van der Waals surface area contributed by atoms with E-state index in [4.69, 9.17) is 10.5 Å². The first-order valence-corrected chi connectivity index (χ1v) is 9.23. The van der Waals surface area contributed by atoms with Crippen LogP contribution in [0.25, 0.3) is 0 Å². The maximum Gasteiger partial charge on any atom is 0.306 e. The first-order valence-electron chi connectivity index (χ1n) is 8.08. The molecular formula is C17H26IN3O2S. The number of thioether (sulfide) groups is 1. The van der Waals surface area contributed by atoms with E-state index in [2.05, 4.69) is 9.89 Å². The van der Waals surface area contributed by atoms with Gasteiger partial charge in [-0.3, -0.25) is 9.79 Å². The smallest absolute Gasteiger partial charge is 0.306 e. The summed E-state index contributed by atoms with van der Waals surface area (Å²) < 4.78 is 5.24. The average molecular weight is 463 g/mol. The van der Waals surface area contributed by atoms with E-state index in [-0.39, 0.29) is 29.9 Å². The molecule has 0 saturated carbocycles. The number of esters is 1. The second-order valence-electron chi connectivity index (χ2n) is 5.44. The van der Waals surface area contributed by atoms with E-state index in [0.717, 1.165) is 43.0 Å². The van der Waals surface area contributed by atoms with Crippen molar-refractivity contribution in [2.45, 2.75) is 25.9 Å². The van der Waals surface area contributed by atoms with E-state index < -0.39 is 0 Å². The number of nitrogens with two attached hydrogens (primary N) is 1. The molecule has 1 aliphatic rings. The molecule has 0 radical (unpaired) electrons. The van der Waals surface area contributed by atoms with Crippen molar-refractivity contribution in [2.24, 2.45) is 10.7 Å². The molecule has 0 spiro atoms. The van der Waals surface area contributed by atoms with E-state index in [9.17, 15) is 4.79 Å². The Morgan fingerprint density at radius 1 is 1.21 bits per heavy atom. The summed E-state index contributed by atoms with van der Waals surface area (Å²) in [6, 6.07) is 9.72. The number of nitrogens with zero attached hydrogens (tertiary/aromatic N) is 2. The van der Waals surface area contributed by atoms with Crippen molar-refractivity contribution in [3.05, 3.63) is 35.9 Å². The number of guanidine groups is 1. The quantitative estimate of drug-likeness (QED) is 0.222. The van der Waals surface area contributed by atoms with E-state index in [1.165, 1.54) is 0 Å². The molecule has 2 rings (SSSR count). The molecule has 0 atom stereocenters. The number of halogens is 1. The van der Waals surface area contributed by atoms with Gasteiger partial charge in [-0.25, -0.2) is 0 Å². The second kappa shape index (κ2) is 12.4. The van der Waals surface area contributed by atoms with Gasteiger partial charge in [0.1, 0.15) is 6.61 Å². The third kappa shape index (κ3) is 8.23. The maximum absolute atomic E-state index is 11.7. The molecule has 134 valence electrons. The van der Waals surface area contributed by atoms with E-state index >= 15 is 0 Å². The Hall–Kier alpha value is -0.960. The molecule has 0 unspecified atom stereocenters. The van der Waals surface area contributed by atoms with Crippen molar-refractivity contribution in [1.82, 2.24) is 4.90 Å². The number of aliphatic imine (C=N–C) groups is 1. The van der Waals surface area contributed by atoms with Crippen molar-refractivity contribution in [1.29, 1.82) is 0 Å². The minimum atomic E-state index is -0.154. The molecule has 0 aromatic heterocycles. The third-order valence-electron chi connectivity index (χ3n) is 3.64. The van der Waals surface area contributed by atoms with Crippen molar-refractivity contribution >= 4 is 47.7 Å². The molecule has 1 saturated heterocycles. The first kappa shape index (κ1) is 21.1. The predicted octanol–water partition coefficient (Wildman–Crippen LogP) is 2.88. The monoisotopic (exact) mass is 463 g/mol. The lowest BCUT2D eigenvalue weighted by molar-refractivity contribution is -0.145. The molecule has 7 heteroatoms. The first-order chi connectivity index (χ1) is 11.3. The predicted molar refractivity (Wildman–Crippen MR) is 111 cm³/mol. The number of carbonyl (C=O) groups is 1. The number of hydrogen-bond acceptors (Lipinski definition) is 4. The molecular weight excluding hydrogens is 437 g/mol. The van der Waals surface area contributed by atoms with Gasteiger partial charge in [0, 0.05) is 37.6 Å². The summed E-state index contributed by atoms with van der Waals surface area (Å²) >= 11 is 1.95. The van der Waals surface area contributed by atoms with Gasteiger partial charge in [0.05, 0.1) is 0 Å². The topological polar surface area (TPSA) is 67.9 Å². The van der Waals surface area contributed by atoms with Crippen LogP contribution in [-0.4, -0.2) is 48.0 Å². The van der Waals surface area contributed by atoms with Crippen LogP contribution < -0.4 is 5.73 Å². The number of benzene rings is 1. The van der Waals surface area contributed by atoms with Crippen LogP contribution in [-0.2, 0) is 16.1 Å². The van der Waals surface area contributed by atoms with Gasteiger partial charge < -0.3 is 15.4 Å². The summed E-state index contributed by atoms with van der Waals surface area (Å²) in [5.41, 5.74) is 6.99. The van der Waals surface area contributed by atoms with Gasteiger partial charge in [0.25, 0.3) is 0 Å². The highest BCUT2D eigenvalue weighted by molar-refractivity contribution is 14.0. The Labute approximate surface area is 165 Å². The molecule has 2 N–H and O–H groups in total. The highest BCUT2D eigenvalue weighted by Gasteiger charge is 2.11. The fourth-order valence-electron chi connectivity index (χ4n) is 2.28. The lowest BCUT2D eigenvalue weighted by Gasteiger charge is -2.27. The van der Waals surface area contributed by atoms with Crippen molar-refractivity contribution in [2.75, 3.05) is 31.1 Å². The number of rotatable bonds is 7. The Bertz CT molecular complexity index is 508. The van der Waals surface area contributed by atoms with Gasteiger partial charge in [0.2, 0.25) is 0 Å². The summed E-state index contributed by atoms with van der Waals surface area (Å²) in [4.78, 5) is 18.2. The van der Waals surface area contributed by atoms with E-state index in [1.807, 2.05) is 42.1 Å². The molecule has 1 aromatic carbocycles. The van der Waals surface area contributed by atoms with E-state index in [0.29, 0.717) is 25.5 Å². The van der Waals surface area contributed by atoms with Crippen LogP contribution in [0.5, 0.6) is 0 Å². The van der Waals surface area contributed by atoms with Crippen LogP contribution in [0.1, 0.15) is 24.8 Å². The fourth-order valence-corrected chi connectivity index (χ4v) is 3.18. The Morgan fingerprint density at radius 2 is 1.92 bits per heavy atom. The average Bonchev–Trinajstić information content (AvgIpc) is 2.61. The number of ether oxygens (including phenoxy) is 1. The molecule has 1 fully saturated rings. The minimum absolute atomic E-state index is 0. The highest BCUT2D eigenvalue weighted by atomic mass is 127. The molecule has 0 bridgehead atoms. The van der Waals surface area contributed by atoms with Gasteiger partial charge in [-0.1, -0.05) is 30.3 Å². The largest absolute Gasteiger partial charge is 0.461 e. The molecule has 1 aliphatic heterocycles. The Morgan fingerprint density at radius 3 is 2.62 bits per heavy atom. The zero-order valence-electron chi connectivity index (χ0n) is 13.9. The van der Waals surface area contributed by atoms with Crippen LogP contribution >= 0.6 is 35.7 Å². The van der Waals surface area contributed by atoms with Gasteiger partial charge in [-0.15, -0.1) is 24.0 Å². The van der Waals surface area contributed by atoms with Crippen molar-refractivity contribution < 1.29 is 9.53 Å². The Kier molecular flexibility index (Phi) is 10.9. The summed E-state index contributed by atoms with van der Waals surface area (Å²) in [6.45, 7) is 2.97. The van der Waals surface area contributed by atoms with Gasteiger partial charge >= 0.3 is 5.97 Å². The molecule has 5 nitrogen and oxygen atoms in total. The normalized spacial score (nSPS) is 14.8. The van der Waals surface area contributed by atoms with E-state index in [1.54, 1.807) is 0 Å². The van der Waals surface area contributed by atoms with Gasteiger partial charge in [0.15, 0.2) is 5.96 Å². The zero-order chi connectivity index (χ0) is 16.3. The number of hydrogen-bond donors (Lipinski definition) is 1. The van der Waals surface area contributed by atoms with Gasteiger partial charge in [-0.2, -0.15) is 11.8 Å². The number of carbonyl (C=O) groups excluding carboxylic acids is 1. The molecule has 1 aromatic rings. The summed E-state index contributed by atoms with van der Waals surface area (Å²) in [7, 11) is 0. The fraction of sp³-hybridized carbons (Fsp3) is 0.529. The lowest BCUT2D eigenvalue weighted by atomic mass is 10.2. The Balaban J connectivity index is 0.00000288. The molecule has 24 heavy (non-hydrogen) atoms.